The number of carbonyl (C=O) groups is 1. The van der Waals surface area contributed by atoms with E-state index in [-0.39, 0.29) is 5.41 Å². The molecule has 4 rings (SSSR count). The number of likely N-dealkylation sites (tertiary alicyclic amines) is 2. The van der Waals surface area contributed by atoms with Gasteiger partial charge in [0.15, 0.2) is 0 Å². The van der Waals surface area contributed by atoms with E-state index < -0.39 is 0 Å². The third-order valence-electron chi connectivity index (χ3n) is 6.15. The second-order valence-corrected chi connectivity index (χ2v) is 7.61. The van der Waals surface area contributed by atoms with Crippen molar-refractivity contribution in [2.75, 3.05) is 32.7 Å². The van der Waals surface area contributed by atoms with Gasteiger partial charge in [-0.05, 0) is 62.9 Å². The summed E-state index contributed by atoms with van der Waals surface area (Å²) in [5, 5.41) is 0. The van der Waals surface area contributed by atoms with Crippen LogP contribution in [-0.2, 0) is 10.2 Å². The van der Waals surface area contributed by atoms with Crippen molar-refractivity contribution in [1.82, 2.24) is 9.80 Å². The number of benzene rings is 1. The van der Waals surface area contributed by atoms with Crippen molar-refractivity contribution < 1.29 is 4.79 Å². The first-order valence-electron chi connectivity index (χ1n) is 9.56. The van der Waals surface area contributed by atoms with Crippen molar-refractivity contribution >= 4 is 12.0 Å². The number of hydrogen-bond donors (Lipinski definition) is 0. The summed E-state index contributed by atoms with van der Waals surface area (Å²) in [6.07, 6.45) is 11.4. The van der Waals surface area contributed by atoms with E-state index in [1.54, 1.807) is 0 Å². The lowest BCUT2D eigenvalue weighted by Gasteiger charge is -2.39. The van der Waals surface area contributed by atoms with Gasteiger partial charge in [-0.2, -0.15) is 0 Å². The molecule has 1 aromatic rings. The van der Waals surface area contributed by atoms with Gasteiger partial charge in [-0.25, -0.2) is 0 Å². The van der Waals surface area contributed by atoms with Gasteiger partial charge in [-0.15, -0.1) is 0 Å². The third-order valence-corrected chi connectivity index (χ3v) is 6.15. The van der Waals surface area contributed by atoms with E-state index in [0.29, 0.717) is 5.91 Å². The first-order chi connectivity index (χ1) is 11.8. The van der Waals surface area contributed by atoms with Gasteiger partial charge < -0.3 is 9.80 Å². The zero-order valence-electron chi connectivity index (χ0n) is 14.5. The topological polar surface area (TPSA) is 23.6 Å². The van der Waals surface area contributed by atoms with Crippen molar-refractivity contribution in [3.05, 3.63) is 41.5 Å². The van der Waals surface area contributed by atoms with Gasteiger partial charge >= 0.3 is 0 Å². The van der Waals surface area contributed by atoms with Crippen molar-refractivity contribution in [3.8, 4) is 0 Å². The van der Waals surface area contributed by atoms with Crippen molar-refractivity contribution in [2.45, 2.75) is 43.9 Å². The molecule has 1 aliphatic carbocycles. The van der Waals surface area contributed by atoms with Gasteiger partial charge in [-0.3, -0.25) is 4.79 Å². The first-order valence-corrected chi connectivity index (χ1v) is 9.56. The second-order valence-electron chi connectivity index (χ2n) is 7.61. The molecule has 1 spiro atoms. The largest absolute Gasteiger partial charge is 0.343 e. The zero-order chi connectivity index (χ0) is 16.4. The summed E-state index contributed by atoms with van der Waals surface area (Å²) in [5.74, 6) is 0.367. The summed E-state index contributed by atoms with van der Waals surface area (Å²) in [6.45, 7) is 5.40. The highest BCUT2D eigenvalue weighted by Crippen LogP contribution is 2.43. The molecular weight excluding hydrogens is 296 g/mol. The van der Waals surface area contributed by atoms with Crippen LogP contribution < -0.4 is 0 Å². The number of hydrogen-bond acceptors (Lipinski definition) is 2. The highest BCUT2D eigenvalue weighted by molar-refractivity contribution is 5.76. The minimum Gasteiger partial charge on any atom is -0.343 e. The Bertz CT molecular complexity index is 628. The molecule has 3 heteroatoms. The number of amides is 1. The van der Waals surface area contributed by atoms with Crippen LogP contribution in [0.25, 0.3) is 6.08 Å². The molecule has 24 heavy (non-hydrogen) atoms. The van der Waals surface area contributed by atoms with E-state index in [4.69, 9.17) is 0 Å². The maximum atomic E-state index is 11.9. The number of carbonyl (C=O) groups excluding carboxylic acids is 1. The normalized spacial score (nSPS) is 23.0. The predicted octanol–water partition coefficient (Wildman–Crippen LogP) is 3.45. The molecule has 3 aliphatic rings. The summed E-state index contributed by atoms with van der Waals surface area (Å²) in [7, 11) is 0. The molecule has 0 radical (unpaired) electrons. The molecule has 0 atom stereocenters. The molecule has 3 nitrogen and oxygen atoms in total. The van der Waals surface area contributed by atoms with Crippen LogP contribution in [0.4, 0.5) is 0 Å². The summed E-state index contributed by atoms with van der Waals surface area (Å²) < 4.78 is 0. The first kappa shape index (κ1) is 15.9. The number of piperidine rings is 2. The fourth-order valence-corrected chi connectivity index (χ4v) is 4.63. The van der Waals surface area contributed by atoms with Gasteiger partial charge in [-0.1, -0.05) is 36.4 Å². The highest BCUT2D eigenvalue weighted by atomic mass is 16.2. The minimum absolute atomic E-state index is 0.288. The Kier molecular flexibility index (Phi) is 4.45. The molecule has 128 valence electrons. The zero-order valence-corrected chi connectivity index (χ0v) is 14.5. The molecule has 0 bridgehead atoms. The maximum Gasteiger partial charge on any atom is 0.222 e. The van der Waals surface area contributed by atoms with E-state index in [2.05, 4.69) is 46.2 Å². The van der Waals surface area contributed by atoms with Gasteiger partial charge in [0.05, 0.1) is 0 Å². The van der Waals surface area contributed by atoms with Crippen LogP contribution in [0.3, 0.4) is 0 Å². The predicted molar refractivity (Wildman–Crippen MR) is 97.9 cm³/mol. The maximum absolute atomic E-state index is 11.9. The van der Waals surface area contributed by atoms with Crippen LogP contribution in [0.2, 0.25) is 0 Å². The molecule has 2 fully saturated rings. The Morgan fingerprint density at radius 3 is 2.67 bits per heavy atom. The Hall–Kier alpha value is -1.61. The minimum atomic E-state index is 0.288. The molecule has 0 aromatic heterocycles. The standard InChI is InChI=1S/C21H28N2O/c24-20-8-3-4-14-23(20)15-5-13-22-16-11-21(12-17-22)10-9-18-6-1-2-7-19(18)21/h1-2,6-7,9-10H,3-5,8,11-17H2. The van der Waals surface area contributed by atoms with E-state index >= 15 is 0 Å². The lowest BCUT2D eigenvalue weighted by molar-refractivity contribution is -0.133. The molecule has 2 aliphatic heterocycles. The number of rotatable bonds is 4. The third kappa shape index (κ3) is 3.02. The fraction of sp³-hybridized carbons (Fsp3) is 0.571. The van der Waals surface area contributed by atoms with Crippen LogP contribution in [0, 0.1) is 0 Å². The number of allylic oxidation sites excluding steroid dienone is 1. The van der Waals surface area contributed by atoms with Crippen LogP contribution in [0.5, 0.6) is 0 Å². The summed E-state index contributed by atoms with van der Waals surface area (Å²) >= 11 is 0. The summed E-state index contributed by atoms with van der Waals surface area (Å²) in [6, 6.07) is 8.87. The Morgan fingerprint density at radius 1 is 1.00 bits per heavy atom. The van der Waals surface area contributed by atoms with Crippen LogP contribution in [0.15, 0.2) is 30.3 Å². The average Bonchev–Trinajstić information content (AvgIpc) is 2.97. The Morgan fingerprint density at radius 2 is 1.83 bits per heavy atom. The molecule has 0 saturated carbocycles. The van der Waals surface area contributed by atoms with Crippen LogP contribution >= 0.6 is 0 Å². The van der Waals surface area contributed by atoms with Gasteiger partial charge in [0.2, 0.25) is 5.91 Å². The molecule has 2 heterocycles. The van der Waals surface area contributed by atoms with E-state index in [0.717, 1.165) is 38.9 Å². The lowest BCUT2D eigenvalue weighted by atomic mass is 9.74. The molecule has 0 N–H and O–H groups in total. The van der Waals surface area contributed by atoms with Crippen LogP contribution in [0.1, 0.15) is 49.7 Å². The average molecular weight is 324 g/mol. The summed E-state index contributed by atoms with van der Waals surface area (Å²) in [5.41, 5.74) is 3.23. The molecule has 1 amide bonds. The van der Waals surface area contributed by atoms with E-state index in [9.17, 15) is 4.79 Å². The van der Waals surface area contributed by atoms with Gasteiger partial charge in [0, 0.05) is 24.9 Å². The van der Waals surface area contributed by atoms with E-state index in [1.807, 2.05) is 0 Å². The smallest absolute Gasteiger partial charge is 0.222 e. The SMILES string of the molecule is O=C1CCCCN1CCCN1CCC2(C=Cc3ccccc32)CC1. The second kappa shape index (κ2) is 6.72. The van der Waals surface area contributed by atoms with Gasteiger partial charge in [0.1, 0.15) is 0 Å². The Balaban J connectivity index is 1.27. The number of nitrogens with zero attached hydrogens (tertiary/aromatic N) is 2. The number of fused-ring (bicyclic) bond motifs is 2. The summed E-state index contributed by atoms with van der Waals surface area (Å²) in [4.78, 5) is 16.5. The van der Waals surface area contributed by atoms with Crippen molar-refractivity contribution in [2.24, 2.45) is 0 Å². The van der Waals surface area contributed by atoms with Crippen LogP contribution in [-0.4, -0.2) is 48.4 Å². The molecular formula is C21H28N2O. The van der Waals surface area contributed by atoms with E-state index in [1.165, 1.54) is 43.5 Å². The Labute approximate surface area is 145 Å². The van der Waals surface area contributed by atoms with Crippen molar-refractivity contribution in [1.29, 1.82) is 0 Å². The molecule has 1 aromatic carbocycles. The highest BCUT2D eigenvalue weighted by Gasteiger charge is 2.37. The monoisotopic (exact) mass is 324 g/mol. The van der Waals surface area contributed by atoms with Crippen molar-refractivity contribution in [3.63, 3.8) is 0 Å². The molecule has 2 saturated heterocycles. The fourth-order valence-electron chi connectivity index (χ4n) is 4.63. The lowest BCUT2D eigenvalue weighted by Crippen LogP contribution is -2.42. The van der Waals surface area contributed by atoms with Gasteiger partial charge in [0.25, 0.3) is 0 Å². The molecule has 0 unspecified atom stereocenters. The quantitative estimate of drug-likeness (QED) is 0.847.